The second kappa shape index (κ2) is 6.67. The van der Waals surface area contributed by atoms with Gasteiger partial charge in [-0.25, -0.2) is 8.42 Å². The molecule has 0 aliphatic carbocycles. The minimum absolute atomic E-state index is 0.132. The van der Waals surface area contributed by atoms with Gasteiger partial charge in [0.25, 0.3) is 0 Å². The summed E-state index contributed by atoms with van der Waals surface area (Å²) in [6.07, 6.45) is 3.68. The van der Waals surface area contributed by atoms with Gasteiger partial charge in [-0.05, 0) is 51.3 Å². The number of hydrogen-bond donors (Lipinski definition) is 3. The molecule has 2 unspecified atom stereocenters. The third-order valence-corrected chi connectivity index (χ3v) is 6.76. The maximum Gasteiger partial charge on any atom is 0.238 e. The van der Waals surface area contributed by atoms with E-state index >= 15 is 0 Å². The molecule has 23 heavy (non-hydrogen) atoms. The van der Waals surface area contributed by atoms with E-state index in [0.717, 1.165) is 18.8 Å². The summed E-state index contributed by atoms with van der Waals surface area (Å²) in [5, 5.41) is -0.499. The highest BCUT2D eigenvalue weighted by Crippen LogP contribution is 2.25. The fraction of sp³-hybridized carbons (Fsp3) is 0.625. The lowest BCUT2D eigenvalue weighted by atomic mass is 10.1. The molecule has 6 nitrogen and oxygen atoms in total. The minimum atomic E-state index is -3.45. The third kappa shape index (κ3) is 3.62. The van der Waals surface area contributed by atoms with E-state index in [-0.39, 0.29) is 12.1 Å². The van der Waals surface area contributed by atoms with Gasteiger partial charge in [-0.1, -0.05) is 6.07 Å². The number of benzene rings is 1. The Morgan fingerprint density at radius 3 is 2.39 bits per heavy atom. The summed E-state index contributed by atoms with van der Waals surface area (Å²) in [4.78, 5) is 2.32. The van der Waals surface area contributed by atoms with Crippen molar-refractivity contribution in [2.75, 3.05) is 22.7 Å². The van der Waals surface area contributed by atoms with Crippen molar-refractivity contribution < 1.29 is 8.42 Å². The van der Waals surface area contributed by atoms with Crippen LogP contribution >= 0.6 is 0 Å². The Labute approximate surface area is 138 Å². The highest BCUT2D eigenvalue weighted by atomic mass is 32.2. The average Bonchev–Trinajstić information content (AvgIpc) is 2.88. The van der Waals surface area contributed by atoms with Crippen molar-refractivity contribution in [1.82, 2.24) is 10.9 Å². The Balaban J connectivity index is 1.77. The van der Waals surface area contributed by atoms with E-state index < -0.39 is 15.3 Å². The van der Waals surface area contributed by atoms with E-state index in [1.807, 2.05) is 38.1 Å². The predicted octanol–water partition coefficient (Wildman–Crippen LogP) is 1.67. The Kier molecular flexibility index (Phi) is 4.79. The smallest absolute Gasteiger partial charge is 0.238 e. The van der Waals surface area contributed by atoms with Crippen molar-refractivity contribution in [3.63, 3.8) is 0 Å². The Hall–Kier alpha value is -1.31. The van der Waals surface area contributed by atoms with Crippen LogP contribution in [0.25, 0.3) is 0 Å². The van der Waals surface area contributed by atoms with Crippen molar-refractivity contribution in [3.8, 4) is 0 Å². The van der Waals surface area contributed by atoms with E-state index in [2.05, 4.69) is 20.5 Å². The molecule has 0 aromatic heterocycles. The van der Waals surface area contributed by atoms with Crippen LogP contribution in [-0.2, 0) is 10.0 Å². The largest absolute Gasteiger partial charge is 0.371 e. The van der Waals surface area contributed by atoms with E-state index in [9.17, 15) is 8.42 Å². The summed E-state index contributed by atoms with van der Waals surface area (Å²) >= 11 is 0. The van der Waals surface area contributed by atoms with Gasteiger partial charge in [0, 0.05) is 30.9 Å². The molecule has 3 rings (SSSR count). The highest BCUT2D eigenvalue weighted by molar-refractivity contribution is 7.93. The van der Waals surface area contributed by atoms with Crippen molar-refractivity contribution in [2.45, 2.75) is 50.4 Å². The third-order valence-electron chi connectivity index (χ3n) is 4.71. The first kappa shape index (κ1) is 16.5. The van der Waals surface area contributed by atoms with Crippen molar-refractivity contribution in [2.24, 2.45) is 0 Å². The zero-order valence-corrected chi connectivity index (χ0v) is 14.6. The zero-order chi connectivity index (χ0) is 16.4. The summed E-state index contributed by atoms with van der Waals surface area (Å²) in [5.74, 6) is 0. The molecule has 0 saturated carbocycles. The van der Waals surface area contributed by atoms with Gasteiger partial charge in [0.05, 0.1) is 5.69 Å². The van der Waals surface area contributed by atoms with Crippen molar-refractivity contribution in [3.05, 3.63) is 24.3 Å². The van der Waals surface area contributed by atoms with Gasteiger partial charge < -0.3 is 4.90 Å². The number of sulfonamides is 1. The van der Waals surface area contributed by atoms with Crippen LogP contribution in [0.1, 0.15) is 33.1 Å². The molecule has 0 amide bonds. The summed E-state index contributed by atoms with van der Waals surface area (Å²) in [6, 6.07) is 7.46. The molecule has 3 N–H and O–H groups in total. The molecule has 2 saturated heterocycles. The maximum atomic E-state index is 12.7. The number of anilines is 2. The SMILES string of the molecule is CC1NNC(C)C1S(=O)(=O)Nc1cccc(N2CCCCC2)c1. The number of nitrogens with zero attached hydrogens (tertiary/aromatic N) is 1. The van der Waals surface area contributed by atoms with E-state index in [1.54, 1.807) is 0 Å². The molecule has 2 atom stereocenters. The van der Waals surface area contributed by atoms with Gasteiger partial charge >= 0.3 is 0 Å². The maximum absolute atomic E-state index is 12.7. The molecular formula is C16H26N4O2S. The standard InChI is InChI=1S/C16H26N4O2S/c1-12-16(13(2)18-17-12)23(21,22)19-14-7-6-8-15(11-14)20-9-4-3-5-10-20/h6-8,11-13,16-19H,3-5,9-10H2,1-2H3. The molecule has 0 radical (unpaired) electrons. The average molecular weight is 338 g/mol. The summed E-state index contributed by atoms with van der Waals surface area (Å²) in [6.45, 7) is 5.84. The number of rotatable bonds is 4. The lowest BCUT2D eigenvalue weighted by Crippen LogP contribution is -2.41. The number of piperidine rings is 1. The molecular weight excluding hydrogens is 312 g/mol. The number of nitrogens with one attached hydrogen (secondary N) is 3. The second-order valence-electron chi connectivity index (χ2n) is 6.58. The lowest BCUT2D eigenvalue weighted by molar-refractivity contribution is 0.564. The molecule has 0 bridgehead atoms. The van der Waals surface area contributed by atoms with Gasteiger partial charge in [0.2, 0.25) is 10.0 Å². The lowest BCUT2D eigenvalue weighted by Gasteiger charge is -2.29. The van der Waals surface area contributed by atoms with Crippen LogP contribution in [0.4, 0.5) is 11.4 Å². The minimum Gasteiger partial charge on any atom is -0.371 e. The first-order chi connectivity index (χ1) is 11.0. The van der Waals surface area contributed by atoms with Crippen LogP contribution in [0.5, 0.6) is 0 Å². The molecule has 0 spiro atoms. The van der Waals surface area contributed by atoms with Crippen LogP contribution in [-0.4, -0.2) is 38.8 Å². The zero-order valence-electron chi connectivity index (χ0n) is 13.7. The van der Waals surface area contributed by atoms with Crippen LogP contribution in [0, 0.1) is 0 Å². The highest BCUT2D eigenvalue weighted by Gasteiger charge is 2.40. The van der Waals surface area contributed by atoms with Crippen LogP contribution in [0.2, 0.25) is 0 Å². The van der Waals surface area contributed by atoms with Gasteiger partial charge in [-0.3, -0.25) is 15.6 Å². The van der Waals surface area contributed by atoms with Crippen LogP contribution in [0.3, 0.4) is 0 Å². The van der Waals surface area contributed by atoms with Gasteiger partial charge in [0.1, 0.15) is 5.25 Å². The van der Waals surface area contributed by atoms with Crippen LogP contribution < -0.4 is 20.5 Å². The monoisotopic (exact) mass is 338 g/mol. The van der Waals surface area contributed by atoms with Crippen molar-refractivity contribution in [1.29, 1.82) is 0 Å². The predicted molar refractivity (Wildman–Crippen MR) is 94.0 cm³/mol. The summed E-state index contributed by atoms with van der Waals surface area (Å²) in [7, 11) is -3.45. The molecule has 2 heterocycles. The van der Waals surface area contributed by atoms with E-state index in [0.29, 0.717) is 5.69 Å². The van der Waals surface area contributed by atoms with Gasteiger partial charge in [0.15, 0.2) is 0 Å². The fourth-order valence-electron chi connectivity index (χ4n) is 3.55. The first-order valence-corrected chi connectivity index (χ1v) is 9.90. The van der Waals surface area contributed by atoms with Crippen molar-refractivity contribution >= 4 is 21.4 Å². The molecule has 2 fully saturated rings. The summed E-state index contributed by atoms with van der Waals surface area (Å²) in [5.41, 5.74) is 7.72. The topological polar surface area (TPSA) is 73.5 Å². The number of hydrazine groups is 1. The molecule has 1 aromatic carbocycles. The normalized spacial score (nSPS) is 28.8. The Morgan fingerprint density at radius 1 is 1.09 bits per heavy atom. The fourth-order valence-corrected chi connectivity index (χ4v) is 5.35. The molecule has 7 heteroatoms. The van der Waals surface area contributed by atoms with Gasteiger partial charge in [-0.2, -0.15) is 0 Å². The Morgan fingerprint density at radius 2 is 1.74 bits per heavy atom. The van der Waals surface area contributed by atoms with E-state index in [4.69, 9.17) is 0 Å². The quantitative estimate of drug-likeness (QED) is 0.779. The molecule has 1 aromatic rings. The Bertz CT molecular complexity index is 633. The molecule has 128 valence electrons. The first-order valence-electron chi connectivity index (χ1n) is 8.35. The molecule has 2 aliphatic rings. The summed E-state index contributed by atoms with van der Waals surface area (Å²) < 4.78 is 28.2. The van der Waals surface area contributed by atoms with E-state index in [1.165, 1.54) is 19.3 Å². The van der Waals surface area contributed by atoms with Gasteiger partial charge in [-0.15, -0.1) is 0 Å². The van der Waals surface area contributed by atoms with Crippen LogP contribution in [0.15, 0.2) is 24.3 Å². The molecule has 2 aliphatic heterocycles. The number of hydrogen-bond acceptors (Lipinski definition) is 5. The second-order valence-corrected chi connectivity index (χ2v) is 8.41.